The molecule has 1 fully saturated rings. The average molecular weight is 462 g/mol. The zero-order valence-corrected chi connectivity index (χ0v) is 19.4. The van der Waals surface area contributed by atoms with Crippen LogP contribution < -0.4 is 15.4 Å². The van der Waals surface area contributed by atoms with Crippen LogP contribution in [0.1, 0.15) is 19.7 Å². The summed E-state index contributed by atoms with van der Waals surface area (Å²) >= 11 is 0. The molecule has 3 heterocycles. The molecule has 2 aromatic heterocycles. The van der Waals surface area contributed by atoms with Crippen LogP contribution >= 0.6 is 0 Å². The molecule has 3 N–H and O–H groups in total. The van der Waals surface area contributed by atoms with E-state index in [0.717, 1.165) is 27.9 Å². The number of ether oxygens (including phenoxy) is 2. The minimum atomic E-state index is -0.181. The van der Waals surface area contributed by atoms with Crippen LogP contribution in [0.5, 0.6) is 5.75 Å². The normalized spacial score (nSPS) is 14.1. The predicted octanol–water partition coefficient (Wildman–Crippen LogP) is 4.21. The highest BCUT2D eigenvalue weighted by atomic mass is 16.5. The Bertz CT molecular complexity index is 1350. The maximum Gasteiger partial charge on any atom is 0.322 e. The molecule has 1 saturated heterocycles. The number of aromatic amines is 1. The predicted molar refractivity (Wildman–Crippen MR) is 131 cm³/mol. The zero-order chi connectivity index (χ0) is 23.7. The Labute approximate surface area is 196 Å². The number of aromatic nitrogens is 4. The van der Waals surface area contributed by atoms with Gasteiger partial charge in [-0.2, -0.15) is 0 Å². The molecule has 1 aliphatic rings. The van der Waals surface area contributed by atoms with E-state index in [1.54, 1.807) is 11.1 Å². The number of urea groups is 1. The molecule has 1 aliphatic heterocycles. The highest BCUT2D eigenvalue weighted by Gasteiger charge is 2.19. The van der Waals surface area contributed by atoms with Crippen LogP contribution in [0.4, 0.5) is 22.1 Å². The van der Waals surface area contributed by atoms with E-state index in [4.69, 9.17) is 14.5 Å². The molecule has 2 aromatic carbocycles. The third-order valence-electron chi connectivity index (χ3n) is 5.44. The van der Waals surface area contributed by atoms with Gasteiger partial charge in [0.15, 0.2) is 0 Å². The fraction of sp³-hybridized carbons (Fsp3) is 0.333. The number of nitrogens with zero attached hydrogens (tertiary/aromatic N) is 4. The van der Waals surface area contributed by atoms with Crippen molar-refractivity contribution < 1.29 is 14.3 Å². The summed E-state index contributed by atoms with van der Waals surface area (Å²) in [5, 5.41) is 7.15. The number of para-hydroxylation sites is 1. The van der Waals surface area contributed by atoms with Gasteiger partial charge in [0.1, 0.15) is 22.6 Å². The molecule has 0 spiro atoms. The van der Waals surface area contributed by atoms with Gasteiger partial charge in [-0.3, -0.25) is 0 Å². The Balaban J connectivity index is 1.47. The minimum Gasteiger partial charge on any atom is -0.489 e. The lowest BCUT2D eigenvalue weighted by atomic mass is 10.2. The molecule has 4 aromatic rings. The number of H-pyrrole nitrogens is 1. The van der Waals surface area contributed by atoms with E-state index in [0.29, 0.717) is 49.2 Å². The highest BCUT2D eigenvalue weighted by molar-refractivity contribution is 6.01. The molecule has 0 saturated carbocycles. The first-order valence-electron chi connectivity index (χ1n) is 11.3. The van der Waals surface area contributed by atoms with Gasteiger partial charge in [0.2, 0.25) is 5.95 Å². The molecule has 0 aliphatic carbocycles. The second-order valence-corrected chi connectivity index (χ2v) is 8.45. The molecular formula is C24H27N7O3. The van der Waals surface area contributed by atoms with Crippen molar-refractivity contribution in [3.05, 3.63) is 42.4 Å². The van der Waals surface area contributed by atoms with Gasteiger partial charge in [-0.25, -0.2) is 19.7 Å². The van der Waals surface area contributed by atoms with Crippen LogP contribution in [-0.2, 0) is 4.74 Å². The van der Waals surface area contributed by atoms with Gasteiger partial charge in [0.25, 0.3) is 0 Å². The van der Waals surface area contributed by atoms with Crippen molar-refractivity contribution in [1.82, 2.24) is 24.8 Å². The first-order chi connectivity index (χ1) is 16.5. The summed E-state index contributed by atoms with van der Waals surface area (Å²) in [7, 11) is 0. The number of imidazole rings is 1. The number of benzene rings is 2. The number of morpholine rings is 1. The van der Waals surface area contributed by atoms with Crippen LogP contribution in [0.15, 0.2) is 36.5 Å². The smallest absolute Gasteiger partial charge is 0.322 e. The minimum absolute atomic E-state index is 0.0284. The van der Waals surface area contributed by atoms with Crippen molar-refractivity contribution in [2.24, 2.45) is 0 Å². The van der Waals surface area contributed by atoms with Gasteiger partial charge in [0, 0.05) is 30.4 Å². The zero-order valence-electron chi connectivity index (χ0n) is 19.4. The number of carbonyl (C=O) groups excluding carboxylic acids is 1. The molecule has 0 atom stereocenters. The van der Waals surface area contributed by atoms with E-state index < -0.39 is 0 Å². The summed E-state index contributed by atoms with van der Waals surface area (Å²) in [6.45, 7) is 8.02. The van der Waals surface area contributed by atoms with E-state index in [1.807, 2.05) is 51.1 Å². The topological polar surface area (TPSA) is 117 Å². The summed E-state index contributed by atoms with van der Waals surface area (Å²) < 4.78 is 11.3. The summed E-state index contributed by atoms with van der Waals surface area (Å²) in [4.78, 5) is 31.5. The summed E-state index contributed by atoms with van der Waals surface area (Å²) in [6, 6.07) is 9.35. The van der Waals surface area contributed by atoms with E-state index in [2.05, 4.69) is 25.6 Å². The Hall–Kier alpha value is -3.92. The largest absolute Gasteiger partial charge is 0.489 e. The molecule has 176 valence electrons. The monoisotopic (exact) mass is 461 g/mol. The number of hydrogen-bond acceptors (Lipinski definition) is 7. The first kappa shape index (κ1) is 21.9. The Kier molecular flexibility index (Phi) is 5.89. The third-order valence-corrected chi connectivity index (χ3v) is 5.44. The standard InChI is InChI=1S/C24H27N7O3/c1-14(2)34-20-6-4-5-16-13-25-23(30-21(16)20)28-17-11-18-22(27-15(3)26-18)19(12-17)29-24(32)31-7-9-33-10-8-31/h4-6,11-14H,7-10H2,1-3H3,(H,26,27)(H,29,32)(H,25,28,30). The number of rotatable bonds is 5. The van der Waals surface area contributed by atoms with E-state index in [1.165, 1.54) is 0 Å². The molecule has 34 heavy (non-hydrogen) atoms. The molecule has 2 amide bonds. The molecular weight excluding hydrogens is 434 g/mol. The fourth-order valence-electron chi connectivity index (χ4n) is 3.94. The number of fused-ring (bicyclic) bond motifs is 2. The van der Waals surface area contributed by atoms with Gasteiger partial charge in [0.05, 0.1) is 30.5 Å². The maximum absolute atomic E-state index is 12.8. The number of aryl methyl sites for hydroxylation is 1. The molecule has 0 unspecified atom stereocenters. The molecule has 10 heteroatoms. The van der Waals surface area contributed by atoms with Gasteiger partial charge < -0.3 is 30.0 Å². The number of anilines is 3. The SMILES string of the molecule is Cc1nc2c(NC(=O)N3CCOCC3)cc(Nc3ncc4cccc(OC(C)C)c4n3)cc2[nH]1. The van der Waals surface area contributed by atoms with Crippen molar-refractivity contribution in [3.63, 3.8) is 0 Å². The summed E-state index contributed by atoms with van der Waals surface area (Å²) in [5.41, 5.74) is 3.54. The maximum atomic E-state index is 12.8. The van der Waals surface area contributed by atoms with Gasteiger partial charge >= 0.3 is 6.03 Å². The molecule has 0 radical (unpaired) electrons. The van der Waals surface area contributed by atoms with Crippen molar-refractivity contribution in [2.45, 2.75) is 26.9 Å². The van der Waals surface area contributed by atoms with Crippen molar-refractivity contribution in [3.8, 4) is 5.75 Å². The lowest BCUT2D eigenvalue weighted by Gasteiger charge is -2.27. The van der Waals surface area contributed by atoms with E-state index >= 15 is 0 Å². The van der Waals surface area contributed by atoms with Crippen molar-refractivity contribution in [2.75, 3.05) is 36.9 Å². The summed E-state index contributed by atoms with van der Waals surface area (Å²) in [5.74, 6) is 1.89. The second-order valence-electron chi connectivity index (χ2n) is 8.45. The van der Waals surface area contributed by atoms with Gasteiger partial charge in [-0.05, 0) is 39.0 Å². The van der Waals surface area contributed by atoms with Gasteiger partial charge in [-0.15, -0.1) is 0 Å². The number of hydrogen-bond donors (Lipinski definition) is 3. The Morgan fingerprint density at radius 2 is 2.00 bits per heavy atom. The van der Waals surface area contributed by atoms with Gasteiger partial charge in [-0.1, -0.05) is 12.1 Å². The van der Waals surface area contributed by atoms with Crippen LogP contribution in [0.3, 0.4) is 0 Å². The average Bonchev–Trinajstić information content (AvgIpc) is 3.20. The third kappa shape index (κ3) is 4.58. The van der Waals surface area contributed by atoms with Crippen molar-refractivity contribution in [1.29, 1.82) is 0 Å². The number of amides is 2. The van der Waals surface area contributed by atoms with Crippen LogP contribution in [0.2, 0.25) is 0 Å². The second kappa shape index (κ2) is 9.14. The van der Waals surface area contributed by atoms with Crippen LogP contribution in [0, 0.1) is 6.92 Å². The lowest BCUT2D eigenvalue weighted by Crippen LogP contribution is -2.43. The Morgan fingerprint density at radius 1 is 1.18 bits per heavy atom. The number of carbonyl (C=O) groups is 1. The fourth-order valence-corrected chi connectivity index (χ4v) is 3.94. The summed E-state index contributed by atoms with van der Waals surface area (Å²) in [6.07, 6.45) is 1.79. The Morgan fingerprint density at radius 3 is 2.79 bits per heavy atom. The molecule has 5 rings (SSSR count). The van der Waals surface area contributed by atoms with Crippen molar-refractivity contribution >= 4 is 45.3 Å². The van der Waals surface area contributed by atoms with E-state index in [9.17, 15) is 4.79 Å². The van der Waals surface area contributed by atoms with E-state index in [-0.39, 0.29) is 12.1 Å². The quantitative estimate of drug-likeness (QED) is 0.407. The number of nitrogens with one attached hydrogen (secondary N) is 3. The van der Waals surface area contributed by atoms with Crippen LogP contribution in [-0.4, -0.2) is 63.3 Å². The molecule has 0 bridgehead atoms. The first-order valence-corrected chi connectivity index (χ1v) is 11.3. The highest BCUT2D eigenvalue weighted by Crippen LogP contribution is 2.30. The lowest BCUT2D eigenvalue weighted by molar-refractivity contribution is 0.0565. The molecule has 10 nitrogen and oxygen atoms in total. The van der Waals surface area contributed by atoms with Crippen LogP contribution in [0.25, 0.3) is 21.9 Å².